The first-order valence-corrected chi connectivity index (χ1v) is 52.0. The van der Waals surface area contributed by atoms with E-state index in [1.807, 2.05) is 173 Å². The molecule has 8 rings (SSSR count). The minimum Gasteiger partial charge on any atom is -0.356 e. The lowest BCUT2D eigenvalue weighted by molar-refractivity contribution is -0.218. The van der Waals surface area contributed by atoms with Crippen molar-refractivity contribution in [2.75, 3.05) is 92.4 Å². The van der Waals surface area contributed by atoms with Crippen LogP contribution in [0, 0.1) is 0 Å². The third-order valence-electron chi connectivity index (χ3n) is 25.0. The van der Waals surface area contributed by atoms with Crippen LogP contribution < -0.4 is 0 Å². The number of hydrogen-bond acceptors (Lipinski definition) is 32. The van der Waals surface area contributed by atoms with Crippen LogP contribution >= 0.6 is 0 Å². The van der Waals surface area contributed by atoms with Crippen molar-refractivity contribution in [1.82, 2.24) is 0 Å². The smallest absolute Gasteiger partial charge is 0.155 e. The fraction of sp³-hybridized carbons (Fsp3) is 1.00. The zero-order chi connectivity index (χ0) is 103. The molecule has 0 aromatic heterocycles. The highest BCUT2D eigenvalue weighted by atomic mass is 16.7. The van der Waals surface area contributed by atoms with Gasteiger partial charge in [-0.25, -0.2) is 0 Å². The Morgan fingerprint density at radius 2 is 0.175 bits per heavy atom. The van der Waals surface area contributed by atoms with Crippen LogP contribution in [0.15, 0.2) is 0 Å². The zero-order valence-electron chi connectivity index (χ0n) is 93.7. The number of hydrogen-bond donors (Lipinski definition) is 0. The molecule has 0 spiro atoms. The number of rotatable bonds is 48. The van der Waals surface area contributed by atoms with Gasteiger partial charge in [0.1, 0.15) is 0 Å². The van der Waals surface area contributed by atoms with E-state index in [2.05, 4.69) is 0 Å². The van der Waals surface area contributed by atoms with E-state index in [0.717, 1.165) is 205 Å². The molecular formula is C105H210O32. The molecule has 32 nitrogen and oxygen atoms in total. The Kier molecular flexibility index (Phi) is 75.3. The molecule has 0 aromatic rings. The minimum atomic E-state index is -0.159. The lowest BCUT2D eigenvalue weighted by atomic mass is 9.95. The Labute approximate surface area is 833 Å². The van der Waals surface area contributed by atoms with E-state index < -0.39 is 0 Å². The van der Waals surface area contributed by atoms with Crippen LogP contribution in [-0.2, 0) is 152 Å². The molecule has 8 aliphatic carbocycles. The molecule has 0 aliphatic heterocycles. The van der Waals surface area contributed by atoms with E-state index in [0.29, 0.717) is 79.4 Å². The summed E-state index contributed by atoms with van der Waals surface area (Å²) >= 11 is 0. The molecule has 8 saturated carbocycles. The highest BCUT2D eigenvalue weighted by Gasteiger charge is 2.35. The SMILES string of the molecule is COC(C)OC1CCC(OC(C)OC(C)(C)C)CC1.COC(C)OC1CCC(OC(C)OC(C)(C)C)CC1.COC(C)OC1CCC(OC(C)OC(C)(C)C)CC1.COC(C)OC1CCC(OC(C)OC)CC1.COC(C)OC1CCC(OC(C)OC)CC1.COC(C)OC1CCC(OC(C)OC)CC1.COC(C)OC1CCC(OC(C)OC)CC1.COC(C)OC1CCC(OC(C)OC)CC1. The molecule has 8 fully saturated rings. The van der Waals surface area contributed by atoms with Gasteiger partial charge >= 0.3 is 0 Å². The summed E-state index contributed by atoms with van der Waals surface area (Å²) < 4.78 is 176. The first-order chi connectivity index (χ1) is 64.7. The maximum absolute atomic E-state index is 5.94. The molecule has 0 bridgehead atoms. The van der Waals surface area contributed by atoms with Crippen LogP contribution in [0.1, 0.15) is 379 Å². The molecular weight excluding hydrogens is 1770 g/mol. The molecule has 0 saturated heterocycles. The second-order valence-electron chi connectivity index (χ2n) is 40.2. The first-order valence-electron chi connectivity index (χ1n) is 52.0. The van der Waals surface area contributed by atoms with Crippen molar-refractivity contribution in [3.63, 3.8) is 0 Å². The number of methoxy groups -OCH3 is 13. The van der Waals surface area contributed by atoms with Crippen LogP contribution in [0.5, 0.6) is 0 Å². The summed E-state index contributed by atoms with van der Waals surface area (Å²) in [6.45, 7) is 49.4. The van der Waals surface area contributed by atoms with Crippen molar-refractivity contribution in [3.05, 3.63) is 0 Å². The van der Waals surface area contributed by atoms with Gasteiger partial charge in [0.2, 0.25) is 0 Å². The molecule has 0 aromatic carbocycles. The van der Waals surface area contributed by atoms with Gasteiger partial charge < -0.3 is 152 Å². The predicted molar refractivity (Wildman–Crippen MR) is 531 cm³/mol. The largest absolute Gasteiger partial charge is 0.356 e. The van der Waals surface area contributed by atoms with Gasteiger partial charge in [-0.3, -0.25) is 0 Å². The normalized spacial score (nSPS) is 29.2. The van der Waals surface area contributed by atoms with Crippen LogP contribution in [0.4, 0.5) is 0 Å². The van der Waals surface area contributed by atoms with Gasteiger partial charge in [-0.2, -0.15) is 0 Å². The van der Waals surface area contributed by atoms with Gasteiger partial charge in [-0.1, -0.05) is 0 Å². The zero-order valence-corrected chi connectivity index (χ0v) is 93.7. The second kappa shape index (κ2) is 77.1. The Hall–Kier alpha value is -1.28. The molecule has 0 amide bonds. The van der Waals surface area contributed by atoms with Crippen molar-refractivity contribution >= 4 is 0 Å². The maximum atomic E-state index is 5.94. The molecule has 822 valence electrons. The first kappa shape index (κ1) is 134. The van der Waals surface area contributed by atoms with E-state index in [-0.39, 0.29) is 136 Å². The highest BCUT2D eigenvalue weighted by molar-refractivity contribution is 4.81. The van der Waals surface area contributed by atoms with Gasteiger partial charge in [0, 0.05) is 92.4 Å². The number of ether oxygens (including phenoxy) is 32. The summed E-state index contributed by atoms with van der Waals surface area (Å²) in [5.41, 5.74) is -0.477. The minimum absolute atomic E-state index is 0.111. The summed E-state index contributed by atoms with van der Waals surface area (Å²) in [6.07, 6.45) is 36.0. The van der Waals surface area contributed by atoms with E-state index in [9.17, 15) is 0 Å². The molecule has 16 unspecified atom stereocenters. The topological polar surface area (TPSA) is 295 Å². The maximum Gasteiger partial charge on any atom is 0.155 e. The van der Waals surface area contributed by atoms with Crippen LogP contribution in [-0.4, -0.2) is 308 Å². The van der Waals surface area contributed by atoms with Gasteiger partial charge in [0.15, 0.2) is 101 Å². The van der Waals surface area contributed by atoms with Crippen molar-refractivity contribution in [2.45, 2.75) is 594 Å². The third-order valence-corrected chi connectivity index (χ3v) is 25.0. The van der Waals surface area contributed by atoms with E-state index >= 15 is 0 Å². The third kappa shape index (κ3) is 70.3. The van der Waals surface area contributed by atoms with Gasteiger partial charge in [-0.15, -0.1) is 0 Å². The van der Waals surface area contributed by atoms with Crippen molar-refractivity contribution in [3.8, 4) is 0 Å². The van der Waals surface area contributed by atoms with Crippen LogP contribution in [0.25, 0.3) is 0 Å². The molecule has 0 N–H and O–H groups in total. The quantitative estimate of drug-likeness (QED) is 0.0511. The lowest BCUT2D eigenvalue weighted by Gasteiger charge is -2.33. The Balaban J connectivity index is 0.000000784. The van der Waals surface area contributed by atoms with E-state index in [4.69, 9.17) is 152 Å². The summed E-state index contributed by atoms with van der Waals surface area (Å²) in [7, 11) is 21.7. The van der Waals surface area contributed by atoms with Gasteiger partial charge in [-0.05, 0) is 379 Å². The molecule has 0 heterocycles. The molecule has 137 heavy (non-hydrogen) atoms. The summed E-state index contributed by atoms with van der Waals surface area (Å²) in [4.78, 5) is 0. The van der Waals surface area contributed by atoms with Crippen molar-refractivity contribution in [1.29, 1.82) is 0 Å². The van der Waals surface area contributed by atoms with Crippen LogP contribution in [0.2, 0.25) is 0 Å². The molecule has 0 radical (unpaired) electrons. The van der Waals surface area contributed by atoms with E-state index in [1.54, 1.807) is 92.4 Å². The lowest BCUT2D eigenvalue weighted by Crippen LogP contribution is -2.34. The molecule has 8 aliphatic rings. The highest BCUT2D eigenvalue weighted by Crippen LogP contribution is 2.35. The van der Waals surface area contributed by atoms with E-state index in [1.165, 1.54) is 0 Å². The van der Waals surface area contributed by atoms with Crippen LogP contribution in [0.3, 0.4) is 0 Å². The van der Waals surface area contributed by atoms with Gasteiger partial charge in [0.05, 0.1) is 114 Å². The average molecular weight is 1980 g/mol. The fourth-order valence-electron chi connectivity index (χ4n) is 17.1. The Morgan fingerprint density at radius 3 is 0.226 bits per heavy atom. The second-order valence-corrected chi connectivity index (χ2v) is 40.2. The van der Waals surface area contributed by atoms with Crippen molar-refractivity contribution < 1.29 is 152 Å². The summed E-state index contributed by atoms with van der Waals surface area (Å²) in [6, 6.07) is 0. The Bertz CT molecular complexity index is 2220. The van der Waals surface area contributed by atoms with Gasteiger partial charge in [0.25, 0.3) is 0 Å². The van der Waals surface area contributed by atoms with Crippen molar-refractivity contribution in [2.24, 2.45) is 0 Å². The summed E-state index contributed by atoms with van der Waals surface area (Å²) in [5.74, 6) is 0. The average Bonchev–Trinajstić information content (AvgIpc) is 0.799. The predicted octanol–water partition coefficient (Wildman–Crippen LogP) is 22.0. The monoisotopic (exact) mass is 1980 g/mol. The molecule has 16 atom stereocenters. The Morgan fingerprint density at radius 1 is 0.117 bits per heavy atom. The standard InChI is InChI=1S/3C15H30O4.5C12H24O4/c3*1-11(16-6)17-13-7-9-14(10-8-13)18-12(2)19-15(3,4)5;5*1-9(13-3)15-11-5-7-12(8-6-11)16-10(2)14-4/h3*11-14H,7-10H2,1-6H3;5*9-12H,5-8H2,1-4H3. The summed E-state index contributed by atoms with van der Waals surface area (Å²) in [5, 5.41) is 0. The fourth-order valence-corrected chi connectivity index (χ4v) is 17.1. The molecule has 32 heteroatoms.